The normalized spacial score (nSPS) is 15.0. The highest BCUT2D eigenvalue weighted by Gasteiger charge is 2.02. The van der Waals surface area contributed by atoms with Gasteiger partial charge in [-0.05, 0) is 6.92 Å². The van der Waals surface area contributed by atoms with Crippen LogP contribution >= 0.6 is 0 Å². The third kappa shape index (κ3) is 5.88. The summed E-state index contributed by atoms with van der Waals surface area (Å²) >= 11 is 0. The average molecular weight is 105 g/mol. The van der Waals surface area contributed by atoms with Crippen LogP contribution in [0, 0.1) is 0 Å². The Morgan fingerprint density at radius 1 is 1.57 bits per heavy atom. The summed E-state index contributed by atoms with van der Waals surface area (Å²) in [6.07, 6.45) is -2.40. The minimum absolute atomic E-state index is 0.0833. The Morgan fingerprint density at radius 3 is 2.00 bits per heavy atom. The van der Waals surface area contributed by atoms with E-state index in [0.29, 0.717) is 0 Å². The average Bonchev–Trinajstić information content (AvgIpc) is 1.27. The highest BCUT2D eigenvalue weighted by molar-refractivity contribution is 4.45. The standard InChI is InChI=1S/C4H9O3/c1-3(5)2-4(6)7/h3-6H,2H2,1H3. The predicted molar refractivity (Wildman–Crippen MR) is 23.0 cm³/mol. The second-order valence-electron chi connectivity index (χ2n) is 1.54. The topological polar surface area (TPSA) is 60.4 Å². The maximum absolute atomic E-state index is 9.73. The summed E-state index contributed by atoms with van der Waals surface area (Å²) in [5.41, 5.74) is 0. The van der Waals surface area contributed by atoms with Gasteiger partial charge in [0.2, 0.25) is 0 Å². The van der Waals surface area contributed by atoms with Crippen LogP contribution in [0.5, 0.6) is 0 Å². The molecule has 0 aliphatic carbocycles. The summed E-state index contributed by atoms with van der Waals surface area (Å²) in [5.74, 6) is 0. The van der Waals surface area contributed by atoms with Crippen LogP contribution in [0.1, 0.15) is 13.3 Å². The van der Waals surface area contributed by atoms with Crippen LogP contribution in [-0.4, -0.2) is 22.6 Å². The molecule has 2 atom stereocenters. The third-order valence-electron chi connectivity index (χ3n) is 0.543. The fraction of sp³-hybridized carbons (Fsp3) is 1.00. The van der Waals surface area contributed by atoms with E-state index in [0.717, 1.165) is 0 Å². The number of rotatable bonds is 2. The number of hydrogen-bond donors (Lipinski definition) is 2. The molecule has 0 amide bonds. The van der Waals surface area contributed by atoms with E-state index < -0.39 is 12.4 Å². The highest BCUT2D eigenvalue weighted by atomic mass is 16.5. The highest BCUT2D eigenvalue weighted by Crippen LogP contribution is 1.91. The third-order valence-corrected chi connectivity index (χ3v) is 0.543. The maximum Gasteiger partial charge on any atom is 0.191 e. The number of hydrogen-bond acceptors (Lipinski definition) is 2. The van der Waals surface area contributed by atoms with Crippen LogP contribution in [0.3, 0.4) is 0 Å². The predicted octanol–water partition coefficient (Wildman–Crippen LogP) is -0.494. The van der Waals surface area contributed by atoms with E-state index in [-0.39, 0.29) is 6.42 Å². The first-order valence-corrected chi connectivity index (χ1v) is 2.15. The van der Waals surface area contributed by atoms with Crippen molar-refractivity contribution in [2.75, 3.05) is 0 Å². The Morgan fingerprint density at radius 2 is 2.00 bits per heavy atom. The first-order chi connectivity index (χ1) is 3.13. The smallest absolute Gasteiger partial charge is 0.191 e. The molecule has 0 aliphatic rings. The second-order valence-corrected chi connectivity index (χ2v) is 1.54. The molecular weight excluding hydrogens is 96.0 g/mol. The summed E-state index contributed by atoms with van der Waals surface area (Å²) in [7, 11) is 0. The van der Waals surface area contributed by atoms with E-state index in [2.05, 4.69) is 0 Å². The molecule has 1 radical (unpaired) electrons. The Balaban J connectivity index is 2.95. The quantitative estimate of drug-likeness (QED) is 0.465. The first kappa shape index (κ1) is 6.88. The number of aliphatic hydroxyl groups excluding tert-OH is 2. The molecule has 0 aromatic carbocycles. The van der Waals surface area contributed by atoms with E-state index in [4.69, 9.17) is 10.2 Å². The van der Waals surface area contributed by atoms with Crippen molar-refractivity contribution >= 4 is 0 Å². The minimum atomic E-state index is -1.63. The Bertz CT molecular complexity index is 36.2. The van der Waals surface area contributed by atoms with Gasteiger partial charge in [-0.3, -0.25) is 0 Å². The molecule has 3 nitrogen and oxygen atoms in total. The molecule has 0 aliphatic heterocycles. The molecule has 0 heterocycles. The summed E-state index contributed by atoms with van der Waals surface area (Å²) in [4.78, 5) is 0. The molecule has 0 spiro atoms. The lowest BCUT2D eigenvalue weighted by Crippen LogP contribution is -2.11. The van der Waals surface area contributed by atoms with Crippen LogP contribution in [0.2, 0.25) is 0 Å². The van der Waals surface area contributed by atoms with Crippen LogP contribution in [-0.2, 0) is 5.11 Å². The maximum atomic E-state index is 9.73. The molecule has 0 fully saturated rings. The minimum Gasteiger partial charge on any atom is -0.393 e. The molecule has 2 unspecified atom stereocenters. The lowest BCUT2D eigenvalue weighted by molar-refractivity contribution is -0.112. The van der Waals surface area contributed by atoms with Crippen molar-refractivity contribution in [2.45, 2.75) is 25.7 Å². The molecule has 0 aromatic rings. The Hall–Kier alpha value is -0.120. The van der Waals surface area contributed by atoms with E-state index >= 15 is 0 Å². The molecule has 2 N–H and O–H groups in total. The largest absolute Gasteiger partial charge is 0.393 e. The van der Waals surface area contributed by atoms with Gasteiger partial charge in [-0.2, -0.15) is 0 Å². The van der Waals surface area contributed by atoms with Gasteiger partial charge in [0.15, 0.2) is 6.29 Å². The zero-order valence-corrected chi connectivity index (χ0v) is 4.16. The molecule has 0 saturated carbocycles. The van der Waals surface area contributed by atoms with Gasteiger partial charge in [-0.25, -0.2) is 5.11 Å². The molecule has 7 heavy (non-hydrogen) atoms. The van der Waals surface area contributed by atoms with E-state index in [1.54, 1.807) is 0 Å². The van der Waals surface area contributed by atoms with Gasteiger partial charge in [-0.15, -0.1) is 0 Å². The summed E-state index contributed by atoms with van der Waals surface area (Å²) < 4.78 is 0. The SMILES string of the molecule is CC(O)CC([O])O. The van der Waals surface area contributed by atoms with Gasteiger partial charge in [-0.1, -0.05) is 0 Å². The van der Waals surface area contributed by atoms with Gasteiger partial charge >= 0.3 is 0 Å². The van der Waals surface area contributed by atoms with Gasteiger partial charge in [0.25, 0.3) is 0 Å². The molecule has 0 saturated heterocycles. The fourth-order valence-corrected chi connectivity index (χ4v) is 0.292. The van der Waals surface area contributed by atoms with Crippen molar-refractivity contribution in [2.24, 2.45) is 0 Å². The molecular formula is C4H9O3. The van der Waals surface area contributed by atoms with Crippen molar-refractivity contribution < 1.29 is 15.3 Å². The molecule has 43 valence electrons. The first-order valence-electron chi connectivity index (χ1n) is 2.15. The van der Waals surface area contributed by atoms with Crippen LogP contribution in [0.15, 0.2) is 0 Å². The number of aliphatic hydroxyl groups is 2. The second kappa shape index (κ2) is 2.96. The molecule has 0 aromatic heterocycles. The van der Waals surface area contributed by atoms with E-state index in [1.165, 1.54) is 6.92 Å². The summed E-state index contributed by atoms with van der Waals surface area (Å²) in [6.45, 7) is 1.46. The van der Waals surface area contributed by atoms with E-state index in [9.17, 15) is 5.11 Å². The monoisotopic (exact) mass is 105 g/mol. The van der Waals surface area contributed by atoms with Gasteiger partial charge in [0, 0.05) is 6.42 Å². The van der Waals surface area contributed by atoms with E-state index in [1.807, 2.05) is 0 Å². The van der Waals surface area contributed by atoms with Crippen molar-refractivity contribution in [1.82, 2.24) is 0 Å². The lowest BCUT2D eigenvalue weighted by atomic mass is 10.3. The van der Waals surface area contributed by atoms with Crippen LogP contribution in [0.25, 0.3) is 0 Å². The van der Waals surface area contributed by atoms with Crippen molar-refractivity contribution in [3.05, 3.63) is 0 Å². The van der Waals surface area contributed by atoms with Crippen molar-refractivity contribution in [3.63, 3.8) is 0 Å². The molecule has 0 bridgehead atoms. The molecule has 3 heteroatoms. The van der Waals surface area contributed by atoms with Crippen molar-refractivity contribution in [3.8, 4) is 0 Å². The lowest BCUT2D eigenvalue weighted by Gasteiger charge is -2.01. The van der Waals surface area contributed by atoms with Gasteiger partial charge in [0.1, 0.15) is 0 Å². The van der Waals surface area contributed by atoms with Gasteiger partial charge in [0.05, 0.1) is 6.10 Å². The van der Waals surface area contributed by atoms with Crippen LogP contribution < -0.4 is 0 Å². The van der Waals surface area contributed by atoms with Crippen LogP contribution in [0.4, 0.5) is 0 Å². The van der Waals surface area contributed by atoms with Gasteiger partial charge < -0.3 is 10.2 Å². The van der Waals surface area contributed by atoms with Crippen molar-refractivity contribution in [1.29, 1.82) is 0 Å². The summed E-state index contributed by atoms with van der Waals surface area (Å²) in [5, 5.41) is 26.1. The summed E-state index contributed by atoms with van der Waals surface area (Å²) in [6, 6.07) is 0. The fourth-order valence-electron chi connectivity index (χ4n) is 0.292. The molecule has 0 rings (SSSR count). The zero-order valence-electron chi connectivity index (χ0n) is 4.16. The Kier molecular flexibility index (Phi) is 2.91. The zero-order chi connectivity index (χ0) is 5.86. The Labute approximate surface area is 42.2 Å².